The van der Waals surface area contributed by atoms with Crippen molar-refractivity contribution in [1.29, 1.82) is 0 Å². The van der Waals surface area contributed by atoms with Crippen LogP contribution in [0, 0.1) is 0 Å². The Morgan fingerprint density at radius 3 is 3.00 bits per heavy atom. The molecule has 0 aliphatic rings. The van der Waals surface area contributed by atoms with E-state index in [0.717, 1.165) is 0 Å². The number of aryl methyl sites for hydroxylation is 1. The summed E-state index contributed by atoms with van der Waals surface area (Å²) in [4.78, 5) is 10.2. The second kappa shape index (κ2) is 2.38. The van der Waals surface area contributed by atoms with Gasteiger partial charge in [0.25, 0.3) is 0 Å². The van der Waals surface area contributed by atoms with Crippen LogP contribution in [0.1, 0.15) is 0 Å². The van der Waals surface area contributed by atoms with Gasteiger partial charge in [-0.15, -0.1) is 0 Å². The molecule has 2 N–H and O–H groups in total. The highest BCUT2D eigenvalue weighted by Crippen LogP contribution is 2.05. The Kier molecular flexibility index (Phi) is 1.57. The van der Waals surface area contributed by atoms with Crippen molar-refractivity contribution in [2.45, 2.75) is 0 Å². The summed E-state index contributed by atoms with van der Waals surface area (Å²) in [5, 5.41) is 3.75. The summed E-state index contributed by atoms with van der Waals surface area (Å²) < 4.78 is 5.93. The first-order valence-electron chi connectivity index (χ1n) is 2.65. The average molecular weight is 141 g/mol. The third kappa shape index (κ3) is 1.25. The number of rotatable bonds is 1. The van der Waals surface area contributed by atoms with Crippen molar-refractivity contribution >= 4 is 6.09 Å². The second-order valence-corrected chi connectivity index (χ2v) is 1.71. The van der Waals surface area contributed by atoms with Crippen LogP contribution in [0.2, 0.25) is 0 Å². The van der Waals surface area contributed by atoms with Crippen LogP contribution in [0.25, 0.3) is 0 Å². The van der Waals surface area contributed by atoms with Crippen molar-refractivity contribution in [3.63, 3.8) is 0 Å². The minimum absolute atomic E-state index is 0.340. The average Bonchev–Trinajstić information content (AvgIpc) is 2.15. The zero-order valence-corrected chi connectivity index (χ0v) is 5.44. The van der Waals surface area contributed by atoms with Crippen molar-refractivity contribution in [2.24, 2.45) is 12.8 Å². The van der Waals surface area contributed by atoms with Crippen molar-refractivity contribution in [2.75, 3.05) is 0 Å². The monoisotopic (exact) mass is 141 g/mol. The molecule has 1 amide bonds. The number of carbonyl (C=O) groups excluding carboxylic acids is 1. The molecule has 0 aliphatic carbocycles. The lowest BCUT2D eigenvalue weighted by atomic mass is 10.7. The van der Waals surface area contributed by atoms with Crippen LogP contribution in [0.3, 0.4) is 0 Å². The lowest BCUT2D eigenvalue weighted by molar-refractivity contribution is 0.206. The van der Waals surface area contributed by atoms with E-state index in [9.17, 15) is 4.79 Å². The highest BCUT2D eigenvalue weighted by atomic mass is 16.6. The summed E-state index contributed by atoms with van der Waals surface area (Å²) >= 11 is 0. The van der Waals surface area contributed by atoms with Gasteiger partial charge < -0.3 is 10.5 Å². The van der Waals surface area contributed by atoms with Crippen LogP contribution in [0.4, 0.5) is 4.79 Å². The Balaban J connectivity index is 2.74. The number of aromatic nitrogens is 2. The maximum Gasteiger partial charge on any atom is 0.411 e. The largest absolute Gasteiger partial charge is 0.411 e. The number of primary amides is 1. The molecule has 10 heavy (non-hydrogen) atoms. The molecule has 0 aliphatic heterocycles. The van der Waals surface area contributed by atoms with Gasteiger partial charge in [0.15, 0.2) is 0 Å². The second-order valence-electron chi connectivity index (χ2n) is 1.71. The number of nitrogens with zero attached hydrogens (tertiary/aromatic N) is 2. The predicted octanol–water partition coefficient (Wildman–Crippen LogP) is -0.122. The van der Waals surface area contributed by atoms with Gasteiger partial charge in [0.05, 0.1) is 6.20 Å². The Morgan fingerprint density at radius 1 is 1.90 bits per heavy atom. The fourth-order valence-corrected chi connectivity index (χ4v) is 0.565. The minimum Gasteiger partial charge on any atom is -0.392 e. The molecular formula is C5H7N3O2. The van der Waals surface area contributed by atoms with E-state index in [0.29, 0.717) is 5.88 Å². The van der Waals surface area contributed by atoms with Gasteiger partial charge in [0.1, 0.15) is 0 Å². The van der Waals surface area contributed by atoms with E-state index in [-0.39, 0.29) is 0 Å². The highest BCUT2D eigenvalue weighted by molar-refractivity contribution is 5.67. The van der Waals surface area contributed by atoms with Crippen LogP contribution in [-0.2, 0) is 7.05 Å². The van der Waals surface area contributed by atoms with Crippen LogP contribution < -0.4 is 10.5 Å². The lowest BCUT2D eigenvalue weighted by Gasteiger charge is -1.97. The van der Waals surface area contributed by atoms with Gasteiger partial charge >= 0.3 is 6.09 Å². The zero-order valence-electron chi connectivity index (χ0n) is 5.44. The molecule has 0 radical (unpaired) electrons. The molecule has 1 rings (SSSR count). The quantitative estimate of drug-likeness (QED) is 0.592. The van der Waals surface area contributed by atoms with Crippen molar-refractivity contribution in [3.05, 3.63) is 12.3 Å². The SMILES string of the molecule is Cn1nccc1OC(N)=O. The first kappa shape index (κ1) is 6.60. The molecule has 1 heterocycles. The van der Waals surface area contributed by atoms with Gasteiger partial charge in [-0.05, 0) is 0 Å². The molecule has 5 heteroatoms. The first-order valence-corrected chi connectivity index (χ1v) is 2.65. The first-order chi connectivity index (χ1) is 4.70. The maximum atomic E-state index is 10.2. The predicted molar refractivity (Wildman–Crippen MR) is 33.4 cm³/mol. The van der Waals surface area contributed by atoms with E-state index in [2.05, 4.69) is 9.84 Å². The Hall–Kier alpha value is -1.52. The van der Waals surface area contributed by atoms with Gasteiger partial charge in [-0.2, -0.15) is 5.10 Å². The van der Waals surface area contributed by atoms with Gasteiger partial charge in [0.2, 0.25) is 5.88 Å². The Bertz CT molecular complexity index is 243. The third-order valence-corrected chi connectivity index (χ3v) is 0.981. The van der Waals surface area contributed by atoms with E-state index < -0.39 is 6.09 Å². The molecular weight excluding hydrogens is 134 g/mol. The van der Waals surface area contributed by atoms with E-state index in [4.69, 9.17) is 5.73 Å². The molecule has 1 aromatic heterocycles. The summed E-state index contributed by atoms with van der Waals surface area (Å²) in [5.41, 5.74) is 4.75. The number of hydrogen-bond donors (Lipinski definition) is 1. The Morgan fingerprint density at radius 2 is 2.60 bits per heavy atom. The van der Waals surface area contributed by atoms with E-state index in [1.54, 1.807) is 13.1 Å². The zero-order chi connectivity index (χ0) is 7.56. The minimum atomic E-state index is -0.830. The molecule has 54 valence electrons. The number of hydrogen-bond acceptors (Lipinski definition) is 3. The standard InChI is InChI=1S/C5H7N3O2/c1-8-4(2-3-7-8)10-5(6)9/h2-3H,1H3,(H2,6,9). The summed E-state index contributed by atoms with van der Waals surface area (Å²) in [6, 6.07) is 1.55. The molecule has 5 nitrogen and oxygen atoms in total. The number of nitrogens with two attached hydrogens (primary N) is 1. The summed E-state index contributed by atoms with van der Waals surface area (Å²) in [7, 11) is 1.65. The molecule has 0 unspecified atom stereocenters. The summed E-state index contributed by atoms with van der Waals surface area (Å²) in [5.74, 6) is 0.340. The van der Waals surface area contributed by atoms with Crippen LogP contribution in [0.15, 0.2) is 12.3 Å². The van der Waals surface area contributed by atoms with Gasteiger partial charge in [-0.1, -0.05) is 0 Å². The number of amides is 1. The molecule has 0 saturated carbocycles. The summed E-state index contributed by atoms with van der Waals surface area (Å²) in [6.07, 6.45) is 0.682. The lowest BCUT2D eigenvalue weighted by Crippen LogP contribution is -2.17. The van der Waals surface area contributed by atoms with Gasteiger partial charge in [0, 0.05) is 13.1 Å². The van der Waals surface area contributed by atoms with Crippen LogP contribution in [-0.4, -0.2) is 15.9 Å². The number of carbonyl (C=O) groups is 1. The maximum absolute atomic E-state index is 10.2. The van der Waals surface area contributed by atoms with E-state index >= 15 is 0 Å². The fourth-order valence-electron chi connectivity index (χ4n) is 0.565. The van der Waals surface area contributed by atoms with E-state index in [1.807, 2.05) is 0 Å². The van der Waals surface area contributed by atoms with E-state index in [1.165, 1.54) is 10.9 Å². The van der Waals surface area contributed by atoms with Crippen LogP contribution in [0.5, 0.6) is 5.88 Å². The molecule has 0 saturated heterocycles. The van der Waals surface area contributed by atoms with Crippen molar-refractivity contribution < 1.29 is 9.53 Å². The molecule has 0 fully saturated rings. The highest BCUT2D eigenvalue weighted by Gasteiger charge is 2.00. The Labute approximate surface area is 57.4 Å². The molecule has 0 aromatic carbocycles. The fraction of sp³-hybridized carbons (Fsp3) is 0.200. The molecule has 0 bridgehead atoms. The molecule has 0 spiro atoms. The molecule has 0 atom stereocenters. The number of ether oxygens (including phenoxy) is 1. The molecule has 1 aromatic rings. The van der Waals surface area contributed by atoms with Crippen molar-refractivity contribution in [3.8, 4) is 5.88 Å². The third-order valence-electron chi connectivity index (χ3n) is 0.981. The topological polar surface area (TPSA) is 70.1 Å². The smallest absolute Gasteiger partial charge is 0.392 e. The van der Waals surface area contributed by atoms with Crippen molar-refractivity contribution in [1.82, 2.24) is 9.78 Å². The van der Waals surface area contributed by atoms with Gasteiger partial charge in [-0.25, -0.2) is 9.48 Å². The van der Waals surface area contributed by atoms with Crippen LogP contribution >= 0.6 is 0 Å². The van der Waals surface area contributed by atoms with Gasteiger partial charge in [-0.3, -0.25) is 0 Å². The normalized spacial score (nSPS) is 9.30. The summed E-state index contributed by atoms with van der Waals surface area (Å²) in [6.45, 7) is 0.